The van der Waals surface area contributed by atoms with Crippen LogP contribution in [0.5, 0.6) is 0 Å². The summed E-state index contributed by atoms with van der Waals surface area (Å²) in [6, 6.07) is 13.7. The second-order valence-corrected chi connectivity index (χ2v) is 4.88. The highest BCUT2D eigenvalue weighted by atomic mass is 19.1. The summed E-state index contributed by atoms with van der Waals surface area (Å²) in [7, 11) is 1.90. The zero-order valence-corrected chi connectivity index (χ0v) is 11.7. The summed E-state index contributed by atoms with van der Waals surface area (Å²) in [5.74, 6) is -0.180. The maximum Gasteiger partial charge on any atom is 0.123 e. The molecule has 1 unspecified atom stereocenters. The van der Waals surface area contributed by atoms with Crippen molar-refractivity contribution >= 4 is 0 Å². The molecule has 0 fully saturated rings. The highest BCUT2D eigenvalue weighted by Crippen LogP contribution is 2.24. The molecule has 1 atom stereocenters. The molecule has 0 heterocycles. The van der Waals surface area contributed by atoms with Crippen molar-refractivity contribution in [1.29, 1.82) is 0 Å². The summed E-state index contributed by atoms with van der Waals surface area (Å²) in [6.45, 7) is 4.06. The van der Waals surface area contributed by atoms with Crippen molar-refractivity contribution in [1.82, 2.24) is 5.32 Å². The molecular formula is C17H20FN. The number of nitrogens with one attached hydrogen (secondary N) is 1. The van der Waals surface area contributed by atoms with E-state index in [9.17, 15) is 4.39 Å². The van der Waals surface area contributed by atoms with E-state index in [0.717, 1.165) is 23.1 Å². The summed E-state index contributed by atoms with van der Waals surface area (Å²) in [5.41, 5.74) is 4.38. The molecule has 0 aliphatic heterocycles. The smallest absolute Gasteiger partial charge is 0.123 e. The van der Waals surface area contributed by atoms with Gasteiger partial charge < -0.3 is 5.32 Å². The lowest BCUT2D eigenvalue weighted by molar-refractivity contribution is 0.615. The summed E-state index contributed by atoms with van der Waals surface area (Å²) in [4.78, 5) is 0. The van der Waals surface area contributed by atoms with Gasteiger partial charge in [0.1, 0.15) is 5.82 Å². The van der Waals surface area contributed by atoms with Gasteiger partial charge in [-0.3, -0.25) is 0 Å². The molecule has 2 aromatic carbocycles. The van der Waals surface area contributed by atoms with Crippen LogP contribution in [-0.4, -0.2) is 7.05 Å². The van der Waals surface area contributed by atoms with Gasteiger partial charge in [-0.15, -0.1) is 0 Å². The van der Waals surface area contributed by atoms with Gasteiger partial charge in [0.15, 0.2) is 0 Å². The van der Waals surface area contributed by atoms with Crippen LogP contribution in [0.15, 0.2) is 42.5 Å². The lowest BCUT2D eigenvalue weighted by Gasteiger charge is -2.18. The van der Waals surface area contributed by atoms with Gasteiger partial charge in [0, 0.05) is 0 Å². The van der Waals surface area contributed by atoms with E-state index in [1.807, 2.05) is 20.0 Å². The van der Waals surface area contributed by atoms with Gasteiger partial charge in [-0.2, -0.15) is 0 Å². The van der Waals surface area contributed by atoms with Gasteiger partial charge in [-0.05, 0) is 54.8 Å². The van der Waals surface area contributed by atoms with Crippen LogP contribution < -0.4 is 5.32 Å². The van der Waals surface area contributed by atoms with Crippen molar-refractivity contribution in [2.45, 2.75) is 26.3 Å². The molecule has 0 bridgehead atoms. The Hall–Kier alpha value is -1.67. The number of rotatable bonds is 4. The molecule has 1 N–H and O–H groups in total. The Bertz CT molecular complexity index is 525. The third kappa shape index (κ3) is 3.21. The zero-order chi connectivity index (χ0) is 13.8. The summed E-state index contributed by atoms with van der Waals surface area (Å²) >= 11 is 0. The van der Waals surface area contributed by atoms with E-state index < -0.39 is 0 Å². The normalized spacial score (nSPS) is 12.4. The van der Waals surface area contributed by atoms with E-state index in [2.05, 4.69) is 36.5 Å². The molecule has 0 saturated carbocycles. The topological polar surface area (TPSA) is 12.0 Å². The third-order valence-electron chi connectivity index (χ3n) is 3.41. The van der Waals surface area contributed by atoms with Crippen molar-refractivity contribution < 1.29 is 4.39 Å². The first-order valence-corrected chi connectivity index (χ1v) is 6.67. The van der Waals surface area contributed by atoms with E-state index in [1.165, 1.54) is 5.56 Å². The molecule has 1 nitrogen and oxygen atoms in total. The van der Waals surface area contributed by atoms with Gasteiger partial charge in [0.05, 0.1) is 6.04 Å². The van der Waals surface area contributed by atoms with E-state index in [0.29, 0.717) is 0 Å². The summed E-state index contributed by atoms with van der Waals surface area (Å²) in [5, 5.41) is 3.26. The Morgan fingerprint density at radius 2 is 1.74 bits per heavy atom. The average molecular weight is 257 g/mol. The zero-order valence-electron chi connectivity index (χ0n) is 11.7. The first-order chi connectivity index (χ1) is 9.13. The largest absolute Gasteiger partial charge is 0.309 e. The average Bonchev–Trinajstić information content (AvgIpc) is 2.39. The van der Waals surface area contributed by atoms with Crippen LogP contribution in [0.1, 0.15) is 35.2 Å². The van der Waals surface area contributed by atoms with Gasteiger partial charge in [0.25, 0.3) is 0 Å². The van der Waals surface area contributed by atoms with Crippen LogP contribution in [0.25, 0.3) is 0 Å². The Morgan fingerprint density at radius 3 is 2.26 bits per heavy atom. The van der Waals surface area contributed by atoms with Crippen LogP contribution in [0, 0.1) is 12.7 Å². The van der Waals surface area contributed by atoms with E-state index in [4.69, 9.17) is 0 Å². The number of halogens is 1. The quantitative estimate of drug-likeness (QED) is 0.872. The highest BCUT2D eigenvalue weighted by molar-refractivity contribution is 5.35. The minimum absolute atomic E-state index is 0.0281. The second kappa shape index (κ2) is 5.98. The molecule has 2 aromatic rings. The van der Waals surface area contributed by atoms with Crippen molar-refractivity contribution in [3.8, 4) is 0 Å². The Morgan fingerprint density at radius 1 is 1.05 bits per heavy atom. The van der Waals surface area contributed by atoms with Crippen molar-refractivity contribution in [2.75, 3.05) is 7.05 Å². The molecule has 0 aliphatic rings. The molecule has 100 valence electrons. The first-order valence-electron chi connectivity index (χ1n) is 6.67. The SMILES string of the molecule is CCc1ccc(C(NC)c2cc(C)cc(F)c2)cc1. The van der Waals surface area contributed by atoms with Crippen molar-refractivity contribution in [3.63, 3.8) is 0 Å². The molecule has 0 spiro atoms. The number of aryl methyl sites for hydroxylation is 2. The molecule has 0 saturated heterocycles. The van der Waals surface area contributed by atoms with Crippen LogP contribution in [-0.2, 0) is 6.42 Å². The predicted molar refractivity (Wildman–Crippen MR) is 77.9 cm³/mol. The van der Waals surface area contributed by atoms with Gasteiger partial charge in [0.2, 0.25) is 0 Å². The van der Waals surface area contributed by atoms with Gasteiger partial charge >= 0.3 is 0 Å². The van der Waals surface area contributed by atoms with Crippen LogP contribution in [0.3, 0.4) is 0 Å². The highest BCUT2D eigenvalue weighted by Gasteiger charge is 2.13. The molecule has 2 rings (SSSR count). The Kier molecular flexibility index (Phi) is 4.33. The van der Waals surface area contributed by atoms with Gasteiger partial charge in [-0.25, -0.2) is 4.39 Å². The monoisotopic (exact) mass is 257 g/mol. The predicted octanol–water partition coefficient (Wildman–Crippen LogP) is 4.01. The number of hydrogen-bond acceptors (Lipinski definition) is 1. The molecule has 0 aliphatic carbocycles. The van der Waals surface area contributed by atoms with E-state index in [-0.39, 0.29) is 11.9 Å². The van der Waals surface area contributed by atoms with Gasteiger partial charge in [-0.1, -0.05) is 37.3 Å². The van der Waals surface area contributed by atoms with E-state index in [1.54, 1.807) is 12.1 Å². The number of benzene rings is 2. The summed E-state index contributed by atoms with van der Waals surface area (Å²) < 4.78 is 13.5. The van der Waals surface area contributed by atoms with Crippen LogP contribution >= 0.6 is 0 Å². The maximum atomic E-state index is 13.5. The Labute approximate surface area is 114 Å². The standard InChI is InChI=1S/C17H20FN/c1-4-13-5-7-14(8-6-13)17(19-3)15-9-12(2)10-16(18)11-15/h5-11,17,19H,4H2,1-3H3. The fourth-order valence-electron chi connectivity index (χ4n) is 2.40. The number of hydrogen-bond donors (Lipinski definition) is 1. The van der Waals surface area contributed by atoms with Crippen LogP contribution in [0.4, 0.5) is 4.39 Å². The fourth-order valence-corrected chi connectivity index (χ4v) is 2.40. The molecule has 0 radical (unpaired) electrons. The maximum absolute atomic E-state index is 13.5. The van der Waals surface area contributed by atoms with Crippen molar-refractivity contribution in [3.05, 3.63) is 70.5 Å². The molecule has 2 heteroatoms. The fraction of sp³-hybridized carbons (Fsp3) is 0.294. The van der Waals surface area contributed by atoms with E-state index >= 15 is 0 Å². The van der Waals surface area contributed by atoms with Crippen LogP contribution in [0.2, 0.25) is 0 Å². The molecule has 0 amide bonds. The minimum atomic E-state index is -0.180. The first kappa shape index (κ1) is 13.8. The molecule has 19 heavy (non-hydrogen) atoms. The van der Waals surface area contributed by atoms with Crippen molar-refractivity contribution in [2.24, 2.45) is 0 Å². The molecule has 0 aromatic heterocycles. The third-order valence-corrected chi connectivity index (χ3v) is 3.41. The second-order valence-electron chi connectivity index (χ2n) is 4.88. The summed E-state index contributed by atoms with van der Waals surface area (Å²) in [6.07, 6.45) is 1.03. The minimum Gasteiger partial charge on any atom is -0.309 e. The Balaban J connectivity index is 2.37. The lowest BCUT2D eigenvalue weighted by atomic mass is 9.96. The lowest BCUT2D eigenvalue weighted by Crippen LogP contribution is -2.18. The molecular weight excluding hydrogens is 237 g/mol.